The van der Waals surface area contributed by atoms with E-state index in [1.165, 1.54) is 0 Å². The molecule has 27 heavy (non-hydrogen) atoms. The molecule has 0 radical (unpaired) electrons. The lowest BCUT2D eigenvalue weighted by atomic mass is 10.1. The van der Waals surface area contributed by atoms with E-state index in [-0.39, 0.29) is 23.5 Å². The van der Waals surface area contributed by atoms with Gasteiger partial charge in [0.25, 0.3) is 0 Å². The van der Waals surface area contributed by atoms with Crippen LogP contribution in [0.5, 0.6) is 5.75 Å². The molecule has 8 heteroatoms. The summed E-state index contributed by atoms with van der Waals surface area (Å²) in [5.74, 6) is 1.37. The Morgan fingerprint density at radius 3 is 2.56 bits per heavy atom. The smallest absolute Gasteiger partial charge is 0.223 e. The van der Waals surface area contributed by atoms with Crippen molar-refractivity contribution in [3.05, 3.63) is 29.8 Å². The molecule has 0 saturated carbocycles. The van der Waals surface area contributed by atoms with E-state index < -0.39 is 9.84 Å². The maximum absolute atomic E-state index is 12.5. The Morgan fingerprint density at radius 2 is 1.96 bits per heavy atom. The van der Waals surface area contributed by atoms with Crippen molar-refractivity contribution in [2.45, 2.75) is 25.4 Å². The van der Waals surface area contributed by atoms with Crippen LogP contribution in [0.4, 0.5) is 0 Å². The molecule has 1 unspecified atom stereocenters. The maximum Gasteiger partial charge on any atom is 0.223 e. The Bertz CT molecular complexity index is 730. The normalized spacial score (nSPS) is 22.1. The van der Waals surface area contributed by atoms with Crippen molar-refractivity contribution in [3.8, 4) is 5.75 Å². The van der Waals surface area contributed by atoms with E-state index in [2.05, 4.69) is 10.2 Å². The zero-order valence-corrected chi connectivity index (χ0v) is 16.7. The van der Waals surface area contributed by atoms with E-state index in [0.717, 1.165) is 37.5 Å². The standard InChI is InChI=1S/C19H29N3O4S/c1-26-18-4-2-16(3-5-18)14-22(17-7-13-27(24,25)15-17)10-6-19(23)21-11-8-20-9-12-21/h2-5,17,20H,6-15H2,1H3. The summed E-state index contributed by atoms with van der Waals surface area (Å²) in [7, 11) is -1.34. The van der Waals surface area contributed by atoms with Gasteiger partial charge in [-0.1, -0.05) is 12.1 Å². The van der Waals surface area contributed by atoms with Gasteiger partial charge in [-0.05, 0) is 24.1 Å². The molecule has 2 aliphatic rings. The van der Waals surface area contributed by atoms with Gasteiger partial charge in [0.15, 0.2) is 9.84 Å². The molecule has 2 heterocycles. The summed E-state index contributed by atoms with van der Waals surface area (Å²) in [4.78, 5) is 16.6. The SMILES string of the molecule is COc1ccc(CN(CCC(=O)N2CCNCC2)C2CCS(=O)(=O)C2)cc1. The van der Waals surface area contributed by atoms with Crippen molar-refractivity contribution >= 4 is 15.7 Å². The minimum absolute atomic E-state index is 0.0204. The number of amides is 1. The number of hydrogen-bond acceptors (Lipinski definition) is 6. The number of carbonyl (C=O) groups excluding carboxylic acids is 1. The van der Waals surface area contributed by atoms with Crippen molar-refractivity contribution in [1.29, 1.82) is 0 Å². The predicted octanol–water partition coefficient (Wildman–Crippen LogP) is 0.506. The van der Waals surface area contributed by atoms with Crippen LogP contribution in [0.15, 0.2) is 24.3 Å². The van der Waals surface area contributed by atoms with Gasteiger partial charge in [-0.3, -0.25) is 9.69 Å². The van der Waals surface area contributed by atoms with E-state index in [1.54, 1.807) is 7.11 Å². The van der Waals surface area contributed by atoms with Gasteiger partial charge in [0, 0.05) is 51.7 Å². The molecule has 3 rings (SSSR count). The van der Waals surface area contributed by atoms with Crippen LogP contribution >= 0.6 is 0 Å². The van der Waals surface area contributed by atoms with Gasteiger partial charge in [-0.25, -0.2) is 8.42 Å². The second-order valence-electron chi connectivity index (χ2n) is 7.26. The van der Waals surface area contributed by atoms with Gasteiger partial charge in [0.05, 0.1) is 18.6 Å². The second kappa shape index (κ2) is 9.03. The van der Waals surface area contributed by atoms with Crippen molar-refractivity contribution < 1.29 is 17.9 Å². The van der Waals surface area contributed by atoms with E-state index in [1.807, 2.05) is 29.2 Å². The monoisotopic (exact) mass is 395 g/mol. The molecular weight excluding hydrogens is 366 g/mol. The number of carbonyl (C=O) groups is 1. The lowest BCUT2D eigenvalue weighted by molar-refractivity contribution is -0.132. The molecule has 1 aromatic carbocycles. The fraction of sp³-hybridized carbons (Fsp3) is 0.632. The number of rotatable bonds is 7. The zero-order chi connectivity index (χ0) is 19.3. The topological polar surface area (TPSA) is 79.0 Å². The lowest BCUT2D eigenvalue weighted by Crippen LogP contribution is -2.47. The van der Waals surface area contributed by atoms with Crippen LogP contribution in [0.3, 0.4) is 0 Å². The summed E-state index contributed by atoms with van der Waals surface area (Å²) in [6.07, 6.45) is 1.06. The first-order chi connectivity index (χ1) is 13.0. The van der Waals surface area contributed by atoms with Crippen LogP contribution in [0.1, 0.15) is 18.4 Å². The van der Waals surface area contributed by atoms with E-state index in [9.17, 15) is 13.2 Å². The quantitative estimate of drug-likeness (QED) is 0.725. The molecule has 7 nitrogen and oxygen atoms in total. The van der Waals surface area contributed by atoms with E-state index in [4.69, 9.17) is 4.74 Å². The molecule has 1 aromatic rings. The molecule has 0 spiro atoms. The number of methoxy groups -OCH3 is 1. The minimum atomic E-state index is -2.97. The van der Waals surface area contributed by atoms with E-state index >= 15 is 0 Å². The molecular formula is C19H29N3O4S. The lowest BCUT2D eigenvalue weighted by Gasteiger charge is -2.31. The Kier molecular flexibility index (Phi) is 6.73. The minimum Gasteiger partial charge on any atom is -0.497 e. The van der Waals surface area contributed by atoms with Gasteiger partial charge < -0.3 is 15.0 Å². The van der Waals surface area contributed by atoms with Crippen LogP contribution in [-0.2, 0) is 21.2 Å². The first-order valence-electron chi connectivity index (χ1n) is 9.53. The van der Waals surface area contributed by atoms with Crippen molar-refractivity contribution in [1.82, 2.24) is 15.1 Å². The highest BCUT2D eigenvalue weighted by molar-refractivity contribution is 7.91. The Morgan fingerprint density at radius 1 is 1.26 bits per heavy atom. The van der Waals surface area contributed by atoms with Crippen molar-refractivity contribution in [2.24, 2.45) is 0 Å². The van der Waals surface area contributed by atoms with Crippen LogP contribution in [0.2, 0.25) is 0 Å². The Hall–Kier alpha value is -1.64. The number of nitrogens with one attached hydrogen (secondary N) is 1. The third-order valence-corrected chi connectivity index (χ3v) is 7.10. The highest BCUT2D eigenvalue weighted by Gasteiger charge is 2.32. The summed E-state index contributed by atoms with van der Waals surface area (Å²) in [6, 6.07) is 7.78. The Labute approximate surface area is 161 Å². The average molecular weight is 396 g/mol. The molecule has 0 aliphatic carbocycles. The fourth-order valence-corrected chi connectivity index (χ4v) is 5.49. The van der Waals surface area contributed by atoms with Gasteiger partial charge in [-0.2, -0.15) is 0 Å². The predicted molar refractivity (Wildman–Crippen MR) is 105 cm³/mol. The molecule has 2 aliphatic heterocycles. The van der Waals surface area contributed by atoms with Crippen molar-refractivity contribution in [3.63, 3.8) is 0 Å². The molecule has 1 N–H and O–H groups in total. The van der Waals surface area contributed by atoms with Crippen LogP contribution in [0, 0.1) is 0 Å². The largest absolute Gasteiger partial charge is 0.497 e. The van der Waals surface area contributed by atoms with Gasteiger partial charge in [0.1, 0.15) is 5.75 Å². The summed E-state index contributed by atoms with van der Waals surface area (Å²) >= 11 is 0. The van der Waals surface area contributed by atoms with Crippen LogP contribution in [0.25, 0.3) is 0 Å². The van der Waals surface area contributed by atoms with Gasteiger partial charge >= 0.3 is 0 Å². The average Bonchev–Trinajstić information content (AvgIpc) is 3.05. The summed E-state index contributed by atoms with van der Waals surface area (Å²) in [6.45, 7) is 4.38. The second-order valence-corrected chi connectivity index (χ2v) is 9.48. The number of benzene rings is 1. The zero-order valence-electron chi connectivity index (χ0n) is 15.9. The molecule has 2 saturated heterocycles. The molecule has 1 amide bonds. The summed E-state index contributed by atoms with van der Waals surface area (Å²) in [5.41, 5.74) is 1.09. The first kappa shape index (κ1) is 20.1. The Balaban J connectivity index is 1.64. The highest BCUT2D eigenvalue weighted by atomic mass is 32.2. The third-order valence-electron chi connectivity index (χ3n) is 5.35. The molecule has 150 valence electrons. The molecule has 1 atom stereocenters. The molecule has 0 aromatic heterocycles. The third kappa shape index (κ3) is 5.67. The number of sulfone groups is 1. The summed E-state index contributed by atoms with van der Waals surface area (Å²) in [5, 5.41) is 3.25. The molecule has 2 fully saturated rings. The number of piperazine rings is 1. The number of ether oxygens (including phenoxy) is 1. The van der Waals surface area contributed by atoms with Crippen molar-refractivity contribution in [2.75, 3.05) is 51.3 Å². The number of hydrogen-bond donors (Lipinski definition) is 1. The fourth-order valence-electron chi connectivity index (χ4n) is 3.73. The molecule has 0 bridgehead atoms. The van der Waals surface area contributed by atoms with Crippen LogP contribution < -0.4 is 10.1 Å². The van der Waals surface area contributed by atoms with Gasteiger partial charge in [-0.15, -0.1) is 0 Å². The summed E-state index contributed by atoms with van der Waals surface area (Å²) < 4.78 is 29.1. The van der Waals surface area contributed by atoms with Gasteiger partial charge in [0.2, 0.25) is 5.91 Å². The number of nitrogens with zero attached hydrogens (tertiary/aromatic N) is 2. The maximum atomic E-state index is 12.5. The van der Waals surface area contributed by atoms with Crippen LogP contribution in [-0.4, -0.2) is 81.5 Å². The van der Waals surface area contributed by atoms with E-state index in [0.29, 0.717) is 25.9 Å². The highest BCUT2D eigenvalue weighted by Crippen LogP contribution is 2.21. The first-order valence-corrected chi connectivity index (χ1v) is 11.3.